The van der Waals surface area contributed by atoms with Crippen molar-refractivity contribution in [2.75, 3.05) is 18.4 Å². The van der Waals surface area contributed by atoms with Crippen molar-refractivity contribution in [1.82, 2.24) is 9.88 Å². The second kappa shape index (κ2) is 7.05. The first-order valence-electron chi connectivity index (χ1n) is 6.76. The summed E-state index contributed by atoms with van der Waals surface area (Å²) in [7, 11) is 0. The maximum absolute atomic E-state index is 12.5. The first kappa shape index (κ1) is 14.5. The monoisotopic (exact) mass is 289 g/mol. The van der Waals surface area contributed by atoms with Crippen LogP contribution in [0.3, 0.4) is 0 Å². The molecule has 0 aliphatic heterocycles. The zero-order valence-corrected chi connectivity index (χ0v) is 12.6. The largest absolute Gasteiger partial charge is 0.385 e. The second-order valence-electron chi connectivity index (χ2n) is 4.36. The summed E-state index contributed by atoms with van der Waals surface area (Å²) in [6.45, 7) is 6.14. The Bertz CT molecular complexity index is 554. The summed E-state index contributed by atoms with van der Waals surface area (Å²) in [5.41, 5.74) is 1.42. The highest BCUT2D eigenvalue weighted by Gasteiger charge is 2.16. The molecule has 0 aliphatic rings. The van der Waals surface area contributed by atoms with Crippen molar-refractivity contribution in [3.8, 4) is 0 Å². The van der Waals surface area contributed by atoms with Crippen molar-refractivity contribution in [3.05, 3.63) is 46.4 Å². The molecule has 0 bridgehead atoms. The number of rotatable bonds is 6. The van der Waals surface area contributed by atoms with Gasteiger partial charge in [-0.3, -0.25) is 9.78 Å². The van der Waals surface area contributed by atoms with Crippen LogP contribution in [0.15, 0.2) is 35.8 Å². The molecule has 2 aromatic rings. The van der Waals surface area contributed by atoms with Gasteiger partial charge in [0, 0.05) is 29.9 Å². The number of anilines is 1. The number of hydrogen-bond acceptors (Lipinski definition) is 4. The first-order valence-corrected chi connectivity index (χ1v) is 7.64. The van der Waals surface area contributed by atoms with E-state index in [9.17, 15) is 4.79 Å². The van der Waals surface area contributed by atoms with Crippen LogP contribution in [-0.2, 0) is 6.54 Å². The summed E-state index contributed by atoms with van der Waals surface area (Å²) in [4.78, 5) is 19.7. The van der Waals surface area contributed by atoms with E-state index in [0.29, 0.717) is 18.8 Å². The van der Waals surface area contributed by atoms with E-state index in [1.807, 2.05) is 48.4 Å². The van der Waals surface area contributed by atoms with E-state index in [1.54, 1.807) is 17.5 Å². The van der Waals surface area contributed by atoms with Crippen LogP contribution in [0.2, 0.25) is 0 Å². The number of carbonyl (C=O) groups excluding carboxylic acids is 1. The van der Waals surface area contributed by atoms with Crippen molar-refractivity contribution in [3.63, 3.8) is 0 Å². The van der Waals surface area contributed by atoms with Crippen LogP contribution in [0.25, 0.3) is 0 Å². The molecule has 106 valence electrons. The lowest BCUT2D eigenvalue weighted by Crippen LogP contribution is -2.30. The van der Waals surface area contributed by atoms with Gasteiger partial charge in [0.05, 0.1) is 6.54 Å². The van der Waals surface area contributed by atoms with E-state index in [1.165, 1.54) is 4.88 Å². The number of nitrogens with zero attached hydrogens (tertiary/aromatic N) is 2. The molecule has 5 heteroatoms. The van der Waals surface area contributed by atoms with Crippen molar-refractivity contribution in [1.29, 1.82) is 0 Å². The molecule has 1 N–H and O–H groups in total. The highest BCUT2D eigenvalue weighted by molar-refractivity contribution is 7.09. The molecule has 0 spiro atoms. The number of carbonyl (C=O) groups is 1. The van der Waals surface area contributed by atoms with E-state index in [-0.39, 0.29) is 5.91 Å². The molecule has 1 amide bonds. The lowest BCUT2D eigenvalue weighted by atomic mass is 10.2. The van der Waals surface area contributed by atoms with Gasteiger partial charge in [0.1, 0.15) is 5.69 Å². The third kappa shape index (κ3) is 3.57. The Balaban J connectivity index is 2.13. The number of amides is 1. The average molecular weight is 289 g/mol. The minimum Gasteiger partial charge on any atom is -0.385 e. The molecule has 2 aromatic heterocycles. The second-order valence-corrected chi connectivity index (χ2v) is 5.39. The van der Waals surface area contributed by atoms with Crippen molar-refractivity contribution in [2.24, 2.45) is 0 Å². The molecule has 0 aliphatic carbocycles. The summed E-state index contributed by atoms with van der Waals surface area (Å²) in [5.74, 6) is -0.0272. The average Bonchev–Trinajstić information content (AvgIpc) is 2.98. The number of nitrogens with one attached hydrogen (secondary N) is 1. The number of pyridine rings is 1. The summed E-state index contributed by atoms with van der Waals surface area (Å²) >= 11 is 1.66. The highest BCUT2D eigenvalue weighted by atomic mass is 32.1. The van der Waals surface area contributed by atoms with Crippen molar-refractivity contribution >= 4 is 22.9 Å². The van der Waals surface area contributed by atoms with E-state index >= 15 is 0 Å². The summed E-state index contributed by atoms with van der Waals surface area (Å²) in [6.07, 6.45) is 1.67. The molecule has 0 atom stereocenters. The zero-order valence-electron chi connectivity index (χ0n) is 11.8. The standard InChI is InChI=1S/C15H19N3OS/c1-3-16-12-7-8-17-14(10-12)15(19)18(4-2)11-13-6-5-9-20-13/h5-10H,3-4,11H2,1-2H3,(H,16,17). The van der Waals surface area contributed by atoms with Gasteiger partial charge in [0.25, 0.3) is 5.91 Å². The number of thiophene rings is 1. The van der Waals surface area contributed by atoms with E-state index in [2.05, 4.69) is 10.3 Å². The minimum atomic E-state index is -0.0272. The fourth-order valence-corrected chi connectivity index (χ4v) is 2.66. The molecule has 0 aromatic carbocycles. The van der Waals surface area contributed by atoms with E-state index < -0.39 is 0 Å². The van der Waals surface area contributed by atoms with Gasteiger partial charge in [-0.15, -0.1) is 11.3 Å². The Morgan fingerprint density at radius 3 is 2.90 bits per heavy atom. The summed E-state index contributed by atoms with van der Waals surface area (Å²) < 4.78 is 0. The SMILES string of the molecule is CCNc1ccnc(C(=O)N(CC)Cc2cccs2)c1. The first-order chi connectivity index (χ1) is 9.74. The smallest absolute Gasteiger partial charge is 0.272 e. The number of hydrogen-bond donors (Lipinski definition) is 1. The molecule has 4 nitrogen and oxygen atoms in total. The van der Waals surface area contributed by atoms with Gasteiger partial charge in [-0.25, -0.2) is 0 Å². The molecule has 2 rings (SSSR count). The molecule has 0 radical (unpaired) electrons. The Hall–Kier alpha value is -1.88. The van der Waals surface area contributed by atoms with Gasteiger partial charge < -0.3 is 10.2 Å². The highest BCUT2D eigenvalue weighted by Crippen LogP contribution is 2.15. The molecule has 0 saturated heterocycles. The Kier molecular flexibility index (Phi) is 5.12. The Labute approximate surface area is 123 Å². The fourth-order valence-electron chi connectivity index (χ4n) is 1.94. The van der Waals surface area contributed by atoms with Crippen LogP contribution < -0.4 is 5.32 Å². The lowest BCUT2D eigenvalue weighted by molar-refractivity contribution is 0.0748. The molecule has 2 heterocycles. The maximum atomic E-state index is 12.5. The third-order valence-electron chi connectivity index (χ3n) is 2.96. The molecule has 0 saturated carbocycles. The topological polar surface area (TPSA) is 45.2 Å². The van der Waals surface area contributed by atoms with Crippen LogP contribution in [0.5, 0.6) is 0 Å². The van der Waals surface area contributed by atoms with Gasteiger partial charge in [0.2, 0.25) is 0 Å². The lowest BCUT2D eigenvalue weighted by Gasteiger charge is -2.20. The summed E-state index contributed by atoms with van der Waals surface area (Å²) in [6, 6.07) is 7.73. The van der Waals surface area contributed by atoms with Crippen molar-refractivity contribution in [2.45, 2.75) is 20.4 Å². The Morgan fingerprint density at radius 2 is 2.25 bits per heavy atom. The maximum Gasteiger partial charge on any atom is 0.272 e. The van der Waals surface area contributed by atoms with Crippen LogP contribution in [0, 0.1) is 0 Å². The van der Waals surface area contributed by atoms with Gasteiger partial charge >= 0.3 is 0 Å². The summed E-state index contributed by atoms with van der Waals surface area (Å²) in [5, 5.41) is 5.22. The normalized spacial score (nSPS) is 10.3. The van der Waals surface area contributed by atoms with Gasteiger partial charge in [-0.05, 0) is 37.4 Å². The minimum absolute atomic E-state index is 0.0272. The quantitative estimate of drug-likeness (QED) is 0.888. The van der Waals surface area contributed by atoms with E-state index in [4.69, 9.17) is 0 Å². The Morgan fingerprint density at radius 1 is 1.40 bits per heavy atom. The predicted molar refractivity (Wildman–Crippen MR) is 83.1 cm³/mol. The van der Waals surface area contributed by atoms with Gasteiger partial charge in [0.15, 0.2) is 0 Å². The predicted octanol–water partition coefficient (Wildman–Crippen LogP) is 3.24. The molecule has 0 unspecified atom stereocenters. The fraction of sp³-hybridized carbons (Fsp3) is 0.333. The van der Waals surface area contributed by atoms with Gasteiger partial charge in [-0.1, -0.05) is 6.07 Å². The van der Waals surface area contributed by atoms with Crippen LogP contribution in [0.4, 0.5) is 5.69 Å². The van der Waals surface area contributed by atoms with Gasteiger partial charge in [-0.2, -0.15) is 0 Å². The molecular formula is C15H19N3OS. The zero-order chi connectivity index (χ0) is 14.4. The van der Waals surface area contributed by atoms with Crippen LogP contribution in [-0.4, -0.2) is 28.9 Å². The molecule has 20 heavy (non-hydrogen) atoms. The number of aromatic nitrogens is 1. The molecule has 0 fully saturated rings. The third-order valence-corrected chi connectivity index (χ3v) is 3.82. The molecular weight excluding hydrogens is 270 g/mol. The van der Waals surface area contributed by atoms with Crippen LogP contribution >= 0.6 is 11.3 Å². The van der Waals surface area contributed by atoms with Crippen molar-refractivity contribution < 1.29 is 4.79 Å². The van der Waals surface area contributed by atoms with E-state index in [0.717, 1.165) is 12.2 Å². The van der Waals surface area contributed by atoms with Crippen LogP contribution in [0.1, 0.15) is 29.2 Å².